The first-order valence-corrected chi connectivity index (χ1v) is 15.1. The number of para-hydroxylation sites is 2. The molecule has 4 nitrogen and oxygen atoms in total. The second kappa shape index (κ2) is 12.8. The Morgan fingerprint density at radius 2 is 1.53 bits per heavy atom. The maximum atomic E-state index is 7.63. The summed E-state index contributed by atoms with van der Waals surface area (Å²) in [5.41, 5.74) is 12.8. The number of benzene rings is 5. The molecule has 0 unspecified atom stereocenters. The van der Waals surface area contributed by atoms with Gasteiger partial charge in [-0.25, -0.2) is 0 Å². The Labute approximate surface area is 291 Å². The van der Waals surface area contributed by atoms with Crippen molar-refractivity contribution in [1.29, 1.82) is 0 Å². The SMILES string of the molecule is [2H]C([2H])([2H])c1ccc(-c2[c-]cc3c(c2)-c2cc4oc5ccccc5c4c(c2C)-c2ccccc2N3)nc1.[Ir].[c-]1ccccc1-c1ccccn1. The molecule has 0 aliphatic carbocycles. The van der Waals surface area contributed by atoms with Crippen LogP contribution in [0.4, 0.5) is 11.4 Å². The maximum Gasteiger partial charge on any atom is 0.136 e. The van der Waals surface area contributed by atoms with Crippen LogP contribution in [-0.4, -0.2) is 9.97 Å². The van der Waals surface area contributed by atoms with E-state index in [2.05, 4.69) is 70.7 Å². The van der Waals surface area contributed by atoms with Crippen LogP contribution in [0.25, 0.3) is 66.7 Å². The molecule has 8 aromatic rings. The summed E-state index contributed by atoms with van der Waals surface area (Å²) in [6, 6.07) is 46.1. The standard InChI is InChI=1S/C31H21N2O.C11H8N.Ir/c1-18-11-13-25(32-17-18)20-12-14-27-24(15-20)23-16-29-31(22-8-4-6-10-28(22)34-29)30(19(23)2)21-7-3-5-9-26(21)33-27;1-2-6-10(7-3-1)11-8-4-5-9-12-11;/h3-11,13-17,33H,1-2H3;1-6,8-9H;/q2*-1;/i1D3;;. The second-order valence-electron chi connectivity index (χ2n) is 11.2. The molecule has 5 aromatic carbocycles. The van der Waals surface area contributed by atoms with E-state index in [0.717, 1.165) is 78.0 Å². The topological polar surface area (TPSA) is 51.0 Å². The van der Waals surface area contributed by atoms with Crippen molar-refractivity contribution < 1.29 is 28.6 Å². The van der Waals surface area contributed by atoms with Crippen LogP contribution in [0.3, 0.4) is 0 Å². The minimum Gasteiger partial charge on any atom is -0.456 e. The number of nitrogens with zero attached hydrogens (tertiary/aromatic N) is 2. The first kappa shape index (κ1) is 26.8. The third-order valence-electron chi connectivity index (χ3n) is 8.32. The molecular weight excluding hydrogens is 755 g/mol. The van der Waals surface area contributed by atoms with Gasteiger partial charge in [0.1, 0.15) is 11.2 Å². The van der Waals surface area contributed by atoms with Crippen molar-refractivity contribution in [3.8, 4) is 44.8 Å². The van der Waals surface area contributed by atoms with Gasteiger partial charge in [-0.3, -0.25) is 0 Å². The molecule has 47 heavy (non-hydrogen) atoms. The summed E-state index contributed by atoms with van der Waals surface area (Å²) in [6.45, 7) is -0.0222. The van der Waals surface area contributed by atoms with Crippen LogP contribution in [0.5, 0.6) is 0 Å². The summed E-state index contributed by atoms with van der Waals surface area (Å²) in [7, 11) is 0. The van der Waals surface area contributed by atoms with E-state index in [9.17, 15) is 0 Å². The van der Waals surface area contributed by atoms with E-state index in [-0.39, 0.29) is 25.7 Å². The summed E-state index contributed by atoms with van der Waals surface area (Å²) in [4.78, 5) is 8.66. The van der Waals surface area contributed by atoms with E-state index in [1.807, 2.05) is 72.8 Å². The van der Waals surface area contributed by atoms with Gasteiger partial charge in [-0.2, -0.15) is 0 Å². The van der Waals surface area contributed by atoms with Crippen LogP contribution < -0.4 is 5.32 Å². The molecule has 3 aromatic heterocycles. The summed E-state index contributed by atoms with van der Waals surface area (Å²) < 4.78 is 29.3. The second-order valence-corrected chi connectivity index (χ2v) is 11.2. The van der Waals surface area contributed by atoms with E-state index >= 15 is 0 Å². The number of fused-ring (bicyclic) bond motifs is 10. The third kappa shape index (κ3) is 5.65. The molecular formula is C42H29IrN3O-2. The van der Waals surface area contributed by atoms with Gasteiger partial charge in [0.25, 0.3) is 0 Å². The normalized spacial score (nSPS) is 12.4. The molecule has 4 heterocycles. The van der Waals surface area contributed by atoms with Crippen molar-refractivity contribution in [1.82, 2.24) is 9.97 Å². The van der Waals surface area contributed by atoms with Crippen LogP contribution in [0.15, 0.2) is 138 Å². The quantitative estimate of drug-likeness (QED) is 0.177. The van der Waals surface area contributed by atoms with Crippen LogP contribution >= 0.6 is 0 Å². The van der Waals surface area contributed by atoms with Crippen LogP contribution in [0.1, 0.15) is 15.2 Å². The van der Waals surface area contributed by atoms with Gasteiger partial charge in [-0.05, 0) is 77.4 Å². The minimum atomic E-state index is -2.19. The molecule has 0 saturated carbocycles. The van der Waals surface area contributed by atoms with Gasteiger partial charge in [0.15, 0.2) is 0 Å². The van der Waals surface area contributed by atoms with Crippen LogP contribution in [0.2, 0.25) is 0 Å². The van der Waals surface area contributed by atoms with Crippen LogP contribution in [-0.2, 0) is 20.1 Å². The Balaban J connectivity index is 0.000000255. The van der Waals surface area contributed by atoms with Crippen LogP contribution in [0, 0.1) is 25.9 Å². The van der Waals surface area contributed by atoms with Crippen molar-refractivity contribution in [3.63, 3.8) is 0 Å². The Morgan fingerprint density at radius 1 is 0.702 bits per heavy atom. The number of hydrogen-bond acceptors (Lipinski definition) is 4. The van der Waals surface area contributed by atoms with Crippen molar-refractivity contribution in [2.45, 2.75) is 13.8 Å². The molecule has 0 saturated heterocycles. The number of nitrogens with one attached hydrogen (secondary N) is 1. The van der Waals surface area contributed by atoms with E-state index in [0.29, 0.717) is 5.69 Å². The molecule has 2 bridgehead atoms. The average molecular weight is 787 g/mol. The van der Waals surface area contributed by atoms with Gasteiger partial charge in [0.05, 0.1) is 0 Å². The van der Waals surface area contributed by atoms with E-state index in [1.165, 1.54) is 6.20 Å². The first-order valence-electron chi connectivity index (χ1n) is 16.6. The zero-order valence-electron chi connectivity index (χ0n) is 28.3. The Kier molecular flexibility index (Phi) is 7.31. The van der Waals surface area contributed by atoms with Crippen molar-refractivity contribution in [2.75, 3.05) is 5.32 Å². The molecule has 1 aliphatic heterocycles. The predicted octanol–water partition coefficient (Wildman–Crippen LogP) is 11.0. The number of aryl methyl sites for hydroxylation is 1. The van der Waals surface area contributed by atoms with Gasteiger partial charge in [-0.15, -0.1) is 59.7 Å². The summed E-state index contributed by atoms with van der Waals surface area (Å²) >= 11 is 0. The molecule has 5 heteroatoms. The van der Waals surface area contributed by atoms with E-state index < -0.39 is 6.85 Å². The van der Waals surface area contributed by atoms with Gasteiger partial charge >= 0.3 is 0 Å². The Morgan fingerprint density at radius 3 is 2.34 bits per heavy atom. The molecule has 0 fully saturated rings. The van der Waals surface area contributed by atoms with Gasteiger partial charge in [-0.1, -0.05) is 66.2 Å². The number of anilines is 2. The molecule has 1 N–H and O–H groups in total. The number of pyridine rings is 2. The molecule has 0 spiro atoms. The Bertz CT molecular complexity index is 2420. The summed E-state index contributed by atoms with van der Waals surface area (Å²) in [6.07, 6.45) is 3.21. The minimum absolute atomic E-state index is 0. The average Bonchev–Trinajstić information content (AvgIpc) is 3.51. The smallest absolute Gasteiger partial charge is 0.136 e. The Hall–Kier alpha value is -5.35. The molecule has 0 amide bonds. The monoisotopic (exact) mass is 787 g/mol. The molecule has 9 rings (SSSR count). The van der Waals surface area contributed by atoms with Gasteiger partial charge in [0, 0.05) is 58.6 Å². The molecule has 1 aliphatic rings. The maximum absolute atomic E-state index is 7.63. The first-order chi connectivity index (χ1) is 23.8. The van der Waals surface area contributed by atoms with Gasteiger partial charge in [0.2, 0.25) is 0 Å². The fraction of sp³-hybridized carbons (Fsp3) is 0.0476. The van der Waals surface area contributed by atoms with Gasteiger partial charge < -0.3 is 19.7 Å². The number of hydrogen-bond donors (Lipinski definition) is 1. The zero-order valence-corrected chi connectivity index (χ0v) is 27.7. The number of furan rings is 1. The summed E-state index contributed by atoms with van der Waals surface area (Å²) in [5.74, 6) is 0. The predicted molar refractivity (Wildman–Crippen MR) is 188 cm³/mol. The molecule has 229 valence electrons. The third-order valence-corrected chi connectivity index (χ3v) is 8.32. The summed E-state index contributed by atoms with van der Waals surface area (Å²) in [5, 5.41) is 5.85. The molecule has 0 atom stereocenters. The zero-order chi connectivity index (χ0) is 33.5. The fourth-order valence-corrected chi connectivity index (χ4v) is 6.15. The number of aromatic nitrogens is 2. The number of rotatable bonds is 2. The van der Waals surface area contributed by atoms with Crippen molar-refractivity contribution in [3.05, 3.63) is 157 Å². The fourth-order valence-electron chi connectivity index (χ4n) is 6.15. The largest absolute Gasteiger partial charge is 0.456 e. The van der Waals surface area contributed by atoms with E-state index in [1.54, 1.807) is 18.3 Å². The van der Waals surface area contributed by atoms with Crippen molar-refractivity contribution in [2.24, 2.45) is 0 Å². The molecule has 1 radical (unpaired) electrons. The van der Waals surface area contributed by atoms with E-state index in [4.69, 9.17) is 8.53 Å². The van der Waals surface area contributed by atoms with Crippen molar-refractivity contribution >= 4 is 33.3 Å².